The number of carbonyl (C=O) groups is 2. The van der Waals surface area contributed by atoms with Crippen LogP contribution in [0.15, 0.2) is 16.7 Å². The molecule has 0 atom stereocenters. The van der Waals surface area contributed by atoms with E-state index in [1.807, 2.05) is 0 Å². The smallest absolute Gasteiger partial charge is 0.239 e. The molecule has 6 nitrogen and oxygen atoms in total. The van der Waals surface area contributed by atoms with Crippen molar-refractivity contribution in [2.24, 2.45) is 0 Å². The van der Waals surface area contributed by atoms with E-state index in [1.54, 1.807) is 0 Å². The Bertz CT molecular complexity index is 905. The van der Waals surface area contributed by atoms with Gasteiger partial charge in [-0.15, -0.1) is 0 Å². The van der Waals surface area contributed by atoms with Crippen molar-refractivity contribution in [1.82, 2.24) is 10.1 Å². The maximum atomic E-state index is 13.4. The van der Waals surface area contributed by atoms with Gasteiger partial charge in [-0.2, -0.15) is 0 Å². The molecule has 3 heterocycles. The van der Waals surface area contributed by atoms with Crippen LogP contribution in [-0.4, -0.2) is 35.0 Å². The molecule has 0 aliphatic carbocycles. The molecule has 4 rings (SSSR count). The van der Waals surface area contributed by atoms with Gasteiger partial charge in [-0.05, 0) is 24.1 Å². The lowest BCUT2D eigenvalue weighted by atomic mass is 10.1. The average Bonchev–Trinajstić information content (AvgIpc) is 3.24. The van der Waals surface area contributed by atoms with Gasteiger partial charge < -0.3 is 9.42 Å². The van der Waals surface area contributed by atoms with E-state index < -0.39 is 17.5 Å². The Labute approximate surface area is 152 Å². The van der Waals surface area contributed by atoms with Crippen LogP contribution in [0.1, 0.15) is 29.7 Å². The highest BCUT2D eigenvalue weighted by molar-refractivity contribution is 5.94. The van der Waals surface area contributed by atoms with Crippen molar-refractivity contribution in [2.45, 2.75) is 32.2 Å². The number of halogens is 3. The van der Waals surface area contributed by atoms with Gasteiger partial charge in [0, 0.05) is 25.9 Å². The lowest BCUT2D eigenvalue weighted by molar-refractivity contribution is -0.131. The Morgan fingerprint density at radius 1 is 1.15 bits per heavy atom. The molecule has 2 aliphatic rings. The summed E-state index contributed by atoms with van der Waals surface area (Å²) in [5.41, 5.74) is 1.44. The maximum Gasteiger partial charge on any atom is 0.239 e. The topological polar surface area (TPSA) is 66.7 Å². The molecular formula is C18H16F3N3O3. The van der Waals surface area contributed by atoms with Crippen LogP contribution in [0.5, 0.6) is 0 Å². The van der Waals surface area contributed by atoms with Crippen molar-refractivity contribution in [3.05, 3.63) is 46.4 Å². The second kappa shape index (κ2) is 6.71. The van der Waals surface area contributed by atoms with Crippen LogP contribution in [0.25, 0.3) is 0 Å². The molecule has 0 spiro atoms. The largest absolute Gasteiger partial charge is 0.338 e. The molecule has 1 fully saturated rings. The predicted molar refractivity (Wildman–Crippen MR) is 87.2 cm³/mol. The number of aromatic nitrogens is 1. The molecule has 1 saturated heterocycles. The Balaban J connectivity index is 1.51. The molecule has 9 heteroatoms. The van der Waals surface area contributed by atoms with E-state index in [2.05, 4.69) is 5.16 Å². The lowest BCUT2D eigenvalue weighted by Gasteiger charge is -2.27. The van der Waals surface area contributed by atoms with Crippen LogP contribution < -0.4 is 4.90 Å². The SMILES string of the molecule is O=C(Cc1cc(F)c(F)c(F)c1)N1CCc2noc(N3CCCC3=O)c2C1. The summed E-state index contributed by atoms with van der Waals surface area (Å²) in [5, 5.41) is 4.00. The van der Waals surface area contributed by atoms with Crippen LogP contribution >= 0.6 is 0 Å². The van der Waals surface area contributed by atoms with E-state index >= 15 is 0 Å². The fourth-order valence-electron chi connectivity index (χ4n) is 3.48. The van der Waals surface area contributed by atoms with E-state index in [0.29, 0.717) is 43.1 Å². The first-order valence-electron chi connectivity index (χ1n) is 8.63. The van der Waals surface area contributed by atoms with Gasteiger partial charge in [-0.3, -0.25) is 14.5 Å². The Hall–Kier alpha value is -2.84. The van der Waals surface area contributed by atoms with Crippen molar-refractivity contribution < 1.29 is 27.3 Å². The highest BCUT2D eigenvalue weighted by atomic mass is 19.2. The zero-order valence-electron chi connectivity index (χ0n) is 14.3. The van der Waals surface area contributed by atoms with Crippen molar-refractivity contribution in [3.8, 4) is 0 Å². The fourth-order valence-corrected chi connectivity index (χ4v) is 3.48. The molecule has 27 heavy (non-hydrogen) atoms. The second-order valence-electron chi connectivity index (χ2n) is 6.68. The van der Waals surface area contributed by atoms with Gasteiger partial charge in [0.2, 0.25) is 17.7 Å². The molecule has 0 saturated carbocycles. The van der Waals surface area contributed by atoms with Crippen molar-refractivity contribution in [3.63, 3.8) is 0 Å². The van der Waals surface area contributed by atoms with E-state index in [0.717, 1.165) is 18.6 Å². The monoisotopic (exact) mass is 379 g/mol. The number of benzene rings is 1. The average molecular weight is 379 g/mol. The summed E-state index contributed by atoms with van der Waals surface area (Å²) in [5.74, 6) is -4.25. The third kappa shape index (κ3) is 3.17. The van der Waals surface area contributed by atoms with Gasteiger partial charge in [-0.25, -0.2) is 13.2 Å². The number of anilines is 1. The zero-order valence-corrected chi connectivity index (χ0v) is 14.3. The number of fused-ring (bicyclic) bond motifs is 1. The standard InChI is InChI=1S/C18H16F3N3O3/c19-12-6-10(7-13(20)17(12)21)8-16(26)23-5-3-14-11(9-23)18(27-22-14)24-4-1-2-15(24)25/h6-7H,1-5,8-9H2. The molecule has 0 N–H and O–H groups in total. The molecule has 2 aromatic rings. The zero-order chi connectivity index (χ0) is 19.1. The number of carbonyl (C=O) groups excluding carboxylic acids is 2. The Kier molecular flexibility index (Phi) is 4.37. The number of hydrogen-bond donors (Lipinski definition) is 0. The quantitative estimate of drug-likeness (QED) is 0.768. The van der Waals surface area contributed by atoms with Crippen molar-refractivity contribution >= 4 is 17.7 Å². The van der Waals surface area contributed by atoms with Crippen LogP contribution in [-0.2, 0) is 29.0 Å². The number of rotatable bonds is 3. The number of hydrogen-bond acceptors (Lipinski definition) is 4. The summed E-state index contributed by atoms with van der Waals surface area (Å²) in [6.07, 6.45) is 1.38. The summed E-state index contributed by atoms with van der Waals surface area (Å²) < 4.78 is 45.1. The van der Waals surface area contributed by atoms with Gasteiger partial charge in [-0.1, -0.05) is 5.16 Å². The Morgan fingerprint density at radius 3 is 2.56 bits per heavy atom. The minimum Gasteiger partial charge on any atom is -0.338 e. The molecule has 2 amide bonds. The molecule has 0 unspecified atom stereocenters. The summed E-state index contributed by atoms with van der Waals surface area (Å²) in [4.78, 5) is 27.6. The third-order valence-electron chi connectivity index (χ3n) is 4.89. The normalized spacial score (nSPS) is 16.8. The van der Waals surface area contributed by atoms with Crippen molar-refractivity contribution in [1.29, 1.82) is 0 Å². The molecular weight excluding hydrogens is 363 g/mol. The van der Waals surface area contributed by atoms with Gasteiger partial charge in [0.15, 0.2) is 17.5 Å². The summed E-state index contributed by atoms with van der Waals surface area (Å²) in [6, 6.07) is 1.64. The van der Waals surface area contributed by atoms with Gasteiger partial charge in [0.1, 0.15) is 0 Å². The highest BCUT2D eigenvalue weighted by Crippen LogP contribution is 2.32. The summed E-state index contributed by atoms with van der Waals surface area (Å²) in [6.45, 7) is 1.11. The van der Waals surface area contributed by atoms with Crippen molar-refractivity contribution in [2.75, 3.05) is 18.0 Å². The minimum atomic E-state index is -1.56. The maximum absolute atomic E-state index is 13.4. The number of amides is 2. The van der Waals surface area contributed by atoms with Gasteiger partial charge in [0.25, 0.3) is 0 Å². The molecule has 142 valence electrons. The highest BCUT2D eigenvalue weighted by Gasteiger charge is 2.33. The summed E-state index contributed by atoms with van der Waals surface area (Å²) >= 11 is 0. The third-order valence-corrected chi connectivity index (χ3v) is 4.89. The first-order valence-corrected chi connectivity index (χ1v) is 8.63. The number of nitrogens with zero attached hydrogens (tertiary/aromatic N) is 3. The molecule has 2 aliphatic heterocycles. The Morgan fingerprint density at radius 2 is 1.89 bits per heavy atom. The predicted octanol–water partition coefficient (Wildman–Crippen LogP) is 2.35. The van der Waals surface area contributed by atoms with Gasteiger partial charge in [0.05, 0.1) is 24.2 Å². The van der Waals surface area contributed by atoms with E-state index in [9.17, 15) is 22.8 Å². The first kappa shape index (κ1) is 17.6. The first-order chi connectivity index (χ1) is 12.9. The lowest BCUT2D eigenvalue weighted by Crippen LogP contribution is -2.37. The van der Waals surface area contributed by atoms with Gasteiger partial charge >= 0.3 is 0 Å². The molecule has 1 aromatic heterocycles. The van der Waals surface area contributed by atoms with E-state index in [-0.39, 0.29) is 30.3 Å². The van der Waals surface area contributed by atoms with E-state index in [1.165, 1.54) is 9.80 Å². The minimum absolute atomic E-state index is 0.0466. The second-order valence-corrected chi connectivity index (χ2v) is 6.68. The molecule has 1 aromatic carbocycles. The van der Waals surface area contributed by atoms with Crippen LogP contribution in [0.2, 0.25) is 0 Å². The van der Waals surface area contributed by atoms with Crippen LogP contribution in [0.3, 0.4) is 0 Å². The molecule has 0 bridgehead atoms. The fraction of sp³-hybridized carbons (Fsp3) is 0.389. The van der Waals surface area contributed by atoms with Crippen LogP contribution in [0, 0.1) is 17.5 Å². The van der Waals surface area contributed by atoms with Crippen LogP contribution in [0.4, 0.5) is 19.1 Å². The summed E-state index contributed by atoms with van der Waals surface area (Å²) in [7, 11) is 0. The van der Waals surface area contributed by atoms with E-state index in [4.69, 9.17) is 4.52 Å². The molecule has 0 radical (unpaired) electrons.